The lowest BCUT2D eigenvalue weighted by molar-refractivity contribution is 0.556. The van der Waals surface area contributed by atoms with Crippen LogP contribution in [0.25, 0.3) is 21.9 Å². The quantitative estimate of drug-likeness (QED) is 0.747. The molecule has 2 atom stereocenters. The van der Waals surface area contributed by atoms with E-state index >= 15 is 0 Å². The van der Waals surface area contributed by atoms with Crippen molar-refractivity contribution in [3.05, 3.63) is 30.5 Å². The smallest absolute Gasteiger partial charge is 0.166 e. The van der Waals surface area contributed by atoms with Gasteiger partial charge in [0.05, 0.1) is 23.8 Å². The number of hydrogen-bond acceptors (Lipinski definition) is 6. The molecule has 0 aliphatic carbocycles. The van der Waals surface area contributed by atoms with Crippen molar-refractivity contribution in [2.45, 2.75) is 31.1 Å². The molecule has 1 aliphatic heterocycles. The molecule has 0 radical (unpaired) electrons. The Morgan fingerprint density at radius 1 is 1.29 bits per heavy atom. The van der Waals surface area contributed by atoms with Crippen molar-refractivity contribution in [1.29, 1.82) is 0 Å². The standard InChI is InChI=1S/C16H19N5O2S/c1-2-7-24(22,23)16-11(4-6-18-16)14-13-10-3-5-17-15(10)19-8-12(13)20-9-21-14/h3,5,8-9,11,16,18H,2,4,6-7H2,1H3,(H,20,21). The van der Waals surface area contributed by atoms with Crippen LogP contribution in [0.1, 0.15) is 31.4 Å². The maximum absolute atomic E-state index is 12.6. The van der Waals surface area contributed by atoms with Gasteiger partial charge < -0.3 is 10.3 Å². The number of aromatic amines is 1. The van der Waals surface area contributed by atoms with Gasteiger partial charge in [0.15, 0.2) is 15.5 Å². The zero-order valence-electron chi connectivity index (χ0n) is 13.4. The highest BCUT2D eigenvalue weighted by molar-refractivity contribution is 7.92. The molecule has 3 aromatic rings. The van der Waals surface area contributed by atoms with E-state index in [1.54, 1.807) is 18.7 Å². The predicted octanol–water partition coefficient (Wildman–Crippen LogP) is 1.73. The van der Waals surface area contributed by atoms with Gasteiger partial charge in [-0.05, 0) is 25.5 Å². The van der Waals surface area contributed by atoms with E-state index in [9.17, 15) is 8.42 Å². The summed E-state index contributed by atoms with van der Waals surface area (Å²) in [6.45, 7) is 2.57. The molecule has 4 heterocycles. The lowest BCUT2D eigenvalue weighted by Crippen LogP contribution is -2.36. The van der Waals surface area contributed by atoms with Crippen LogP contribution in [-0.4, -0.2) is 46.0 Å². The highest BCUT2D eigenvalue weighted by Gasteiger charge is 2.38. The van der Waals surface area contributed by atoms with Gasteiger partial charge in [-0.3, -0.25) is 0 Å². The summed E-state index contributed by atoms with van der Waals surface area (Å²) in [6.07, 6.45) is 6.41. The number of aromatic nitrogens is 4. The summed E-state index contributed by atoms with van der Waals surface area (Å²) in [5.41, 5.74) is 2.31. The van der Waals surface area contributed by atoms with E-state index in [0.29, 0.717) is 18.6 Å². The second-order valence-electron chi connectivity index (χ2n) is 6.15. The van der Waals surface area contributed by atoms with Crippen molar-refractivity contribution in [2.75, 3.05) is 12.3 Å². The summed E-state index contributed by atoms with van der Waals surface area (Å²) in [6, 6.07) is 1.90. The number of nitrogens with zero attached hydrogens (tertiary/aromatic N) is 3. The number of pyridine rings is 1. The maximum atomic E-state index is 12.6. The Morgan fingerprint density at radius 2 is 2.17 bits per heavy atom. The molecule has 0 amide bonds. The second-order valence-corrected chi connectivity index (χ2v) is 8.40. The molecule has 3 aromatic heterocycles. The normalized spacial score (nSPS) is 21.7. The van der Waals surface area contributed by atoms with Gasteiger partial charge in [0.1, 0.15) is 5.37 Å². The molecular weight excluding hydrogens is 326 g/mol. The summed E-state index contributed by atoms with van der Waals surface area (Å²) in [5, 5.41) is 4.44. The zero-order chi connectivity index (χ0) is 16.7. The van der Waals surface area contributed by atoms with E-state index in [1.807, 2.05) is 13.0 Å². The third-order valence-electron chi connectivity index (χ3n) is 4.62. The topological polar surface area (TPSA) is 101 Å². The Hall–Kier alpha value is -2.06. The average Bonchev–Trinajstić information content (AvgIpc) is 3.23. The zero-order valence-corrected chi connectivity index (χ0v) is 14.2. The predicted molar refractivity (Wildman–Crippen MR) is 92.4 cm³/mol. The Labute approximate surface area is 139 Å². The fourth-order valence-electron chi connectivity index (χ4n) is 3.63. The molecule has 0 saturated carbocycles. The van der Waals surface area contributed by atoms with Gasteiger partial charge in [-0.2, -0.15) is 0 Å². The van der Waals surface area contributed by atoms with Crippen LogP contribution >= 0.6 is 0 Å². The van der Waals surface area contributed by atoms with Crippen LogP contribution in [0, 0.1) is 0 Å². The van der Waals surface area contributed by atoms with E-state index in [-0.39, 0.29) is 11.7 Å². The largest absolute Gasteiger partial charge is 0.349 e. The summed E-state index contributed by atoms with van der Waals surface area (Å²) in [4.78, 5) is 16.1. The highest BCUT2D eigenvalue weighted by atomic mass is 32.2. The molecular formula is C16H19N5O2S. The van der Waals surface area contributed by atoms with Gasteiger partial charge in [0, 0.05) is 28.6 Å². The van der Waals surface area contributed by atoms with E-state index in [0.717, 1.165) is 28.4 Å². The molecule has 1 saturated heterocycles. The summed E-state index contributed by atoms with van der Waals surface area (Å²) < 4.78 is 25.3. The number of nitrogens with one attached hydrogen (secondary N) is 2. The van der Waals surface area contributed by atoms with Crippen LogP contribution in [0.5, 0.6) is 0 Å². The molecule has 0 aromatic carbocycles. The van der Waals surface area contributed by atoms with Crippen molar-refractivity contribution in [3.63, 3.8) is 0 Å². The van der Waals surface area contributed by atoms with E-state index in [4.69, 9.17) is 0 Å². The minimum atomic E-state index is -3.20. The molecule has 1 aliphatic rings. The van der Waals surface area contributed by atoms with Crippen molar-refractivity contribution in [3.8, 4) is 0 Å². The van der Waals surface area contributed by atoms with Crippen LogP contribution in [0.3, 0.4) is 0 Å². The van der Waals surface area contributed by atoms with Gasteiger partial charge in [0.25, 0.3) is 0 Å². The summed E-state index contributed by atoms with van der Waals surface area (Å²) in [7, 11) is -3.20. The number of rotatable bonds is 4. The van der Waals surface area contributed by atoms with Crippen molar-refractivity contribution < 1.29 is 8.42 Å². The molecule has 4 rings (SSSR count). The Morgan fingerprint density at radius 3 is 3.00 bits per heavy atom. The van der Waals surface area contributed by atoms with Gasteiger partial charge in [-0.15, -0.1) is 0 Å². The van der Waals surface area contributed by atoms with E-state index < -0.39 is 15.2 Å². The molecule has 2 N–H and O–H groups in total. The van der Waals surface area contributed by atoms with Crippen LogP contribution < -0.4 is 5.32 Å². The number of fused-ring (bicyclic) bond motifs is 3. The summed E-state index contributed by atoms with van der Waals surface area (Å²) >= 11 is 0. The number of hydrogen-bond donors (Lipinski definition) is 2. The highest BCUT2D eigenvalue weighted by Crippen LogP contribution is 2.35. The van der Waals surface area contributed by atoms with Crippen LogP contribution in [-0.2, 0) is 9.84 Å². The molecule has 1 fully saturated rings. The van der Waals surface area contributed by atoms with Crippen molar-refractivity contribution in [2.24, 2.45) is 0 Å². The Bertz CT molecular complexity index is 998. The van der Waals surface area contributed by atoms with Crippen LogP contribution in [0.4, 0.5) is 0 Å². The molecule has 0 spiro atoms. The maximum Gasteiger partial charge on any atom is 0.166 e. The van der Waals surface area contributed by atoms with Crippen LogP contribution in [0.15, 0.2) is 24.8 Å². The molecule has 126 valence electrons. The van der Waals surface area contributed by atoms with Crippen molar-refractivity contribution >= 4 is 31.8 Å². The lowest BCUT2D eigenvalue weighted by atomic mass is 9.99. The third kappa shape index (κ3) is 2.37. The minimum absolute atomic E-state index is 0.132. The third-order valence-corrected chi connectivity index (χ3v) is 6.87. The monoisotopic (exact) mass is 345 g/mol. The van der Waals surface area contributed by atoms with E-state index in [2.05, 4.69) is 25.3 Å². The lowest BCUT2D eigenvalue weighted by Gasteiger charge is -2.21. The van der Waals surface area contributed by atoms with Gasteiger partial charge in [0.2, 0.25) is 0 Å². The summed E-state index contributed by atoms with van der Waals surface area (Å²) in [5.74, 6) is 0.0616. The second kappa shape index (κ2) is 5.78. The molecule has 2 unspecified atom stereocenters. The van der Waals surface area contributed by atoms with Crippen LogP contribution in [0.2, 0.25) is 0 Å². The van der Waals surface area contributed by atoms with Gasteiger partial charge in [-0.25, -0.2) is 23.4 Å². The van der Waals surface area contributed by atoms with Gasteiger partial charge in [-0.1, -0.05) is 6.92 Å². The first-order valence-corrected chi connectivity index (χ1v) is 9.85. The molecule has 8 heteroatoms. The Kier molecular flexibility index (Phi) is 3.73. The number of H-pyrrole nitrogens is 1. The minimum Gasteiger partial charge on any atom is -0.349 e. The molecule has 0 bridgehead atoms. The fourth-order valence-corrected chi connectivity index (χ4v) is 5.59. The Balaban J connectivity index is 1.91. The van der Waals surface area contributed by atoms with E-state index in [1.165, 1.54) is 0 Å². The number of sulfone groups is 1. The molecule has 24 heavy (non-hydrogen) atoms. The fraction of sp³-hybridized carbons (Fsp3) is 0.438. The first-order chi connectivity index (χ1) is 11.6. The average molecular weight is 345 g/mol. The van der Waals surface area contributed by atoms with Crippen molar-refractivity contribution in [1.82, 2.24) is 25.3 Å². The SMILES string of the molecule is CCCS(=O)(=O)C1NCCC1c1[nH]cnc2cnc3nccc3c12. The van der Waals surface area contributed by atoms with Gasteiger partial charge >= 0.3 is 0 Å². The first kappa shape index (κ1) is 15.5. The molecule has 7 nitrogen and oxygen atoms in total. The first-order valence-electron chi connectivity index (χ1n) is 8.13.